The van der Waals surface area contributed by atoms with Gasteiger partial charge in [0.2, 0.25) is 0 Å². The van der Waals surface area contributed by atoms with Gasteiger partial charge in [0, 0.05) is 18.8 Å². The van der Waals surface area contributed by atoms with Crippen LogP contribution in [0.4, 0.5) is 10.5 Å². The summed E-state index contributed by atoms with van der Waals surface area (Å²) < 4.78 is 16.0. The van der Waals surface area contributed by atoms with Gasteiger partial charge in [0.15, 0.2) is 5.75 Å². The first-order chi connectivity index (χ1) is 14.6. The smallest absolute Gasteiger partial charge is 0.410 e. The molecular weight excluding hydrogens is 420 g/mol. The number of methoxy groups -OCH3 is 2. The summed E-state index contributed by atoms with van der Waals surface area (Å²) in [4.78, 5) is 27.1. The molecule has 0 atom stereocenters. The first kappa shape index (κ1) is 22.7. The van der Waals surface area contributed by atoms with Crippen molar-refractivity contribution in [3.8, 4) is 11.5 Å². The minimum atomic E-state index is -0.550. The molecule has 0 radical (unpaired) electrons. The van der Waals surface area contributed by atoms with Crippen molar-refractivity contribution in [3.63, 3.8) is 0 Å². The Balaban J connectivity index is 1.81. The van der Waals surface area contributed by atoms with Crippen molar-refractivity contribution in [3.05, 3.63) is 52.0 Å². The monoisotopic (exact) mass is 446 g/mol. The Morgan fingerprint density at radius 1 is 1.10 bits per heavy atom. The standard InChI is InChI=1S/C23H27ClN2O5/c1-23(2,3)31-22(28)26-12-11-15-14(13-26)7-6-8-17(15)25-21(27)16-9-10-18(29-4)19(24)20(16)30-5/h6-10H,11-13H2,1-5H3,(H,25,27). The van der Waals surface area contributed by atoms with Gasteiger partial charge in [-0.05, 0) is 56.5 Å². The van der Waals surface area contributed by atoms with E-state index in [-0.39, 0.29) is 22.8 Å². The Kier molecular flexibility index (Phi) is 6.65. The summed E-state index contributed by atoms with van der Waals surface area (Å²) in [5.74, 6) is 0.332. The number of anilines is 1. The van der Waals surface area contributed by atoms with Crippen molar-refractivity contribution in [1.29, 1.82) is 0 Å². The average molecular weight is 447 g/mol. The van der Waals surface area contributed by atoms with Crippen molar-refractivity contribution >= 4 is 29.3 Å². The van der Waals surface area contributed by atoms with E-state index in [0.29, 0.717) is 36.5 Å². The molecule has 0 aromatic heterocycles. The zero-order valence-electron chi connectivity index (χ0n) is 18.4. The molecule has 0 fully saturated rings. The first-order valence-electron chi connectivity index (χ1n) is 9.95. The number of carbonyl (C=O) groups is 2. The number of benzene rings is 2. The zero-order chi connectivity index (χ0) is 22.8. The van der Waals surface area contributed by atoms with E-state index in [2.05, 4.69) is 5.32 Å². The van der Waals surface area contributed by atoms with Crippen LogP contribution in [0.25, 0.3) is 0 Å². The van der Waals surface area contributed by atoms with Crippen LogP contribution in [0.1, 0.15) is 42.3 Å². The molecular formula is C23H27ClN2O5. The van der Waals surface area contributed by atoms with E-state index in [1.165, 1.54) is 14.2 Å². The highest BCUT2D eigenvalue weighted by molar-refractivity contribution is 6.34. The van der Waals surface area contributed by atoms with E-state index in [1.807, 2.05) is 39.0 Å². The molecule has 0 bridgehead atoms. The lowest BCUT2D eigenvalue weighted by Gasteiger charge is -2.32. The molecule has 1 aliphatic heterocycles. The van der Waals surface area contributed by atoms with Crippen LogP contribution in [0.5, 0.6) is 11.5 Å². The van der Waals surface area contributed by atoms with E-state index in [0.717, 1.165) is 11.1 Å². The fourth-order valence-corrected chi connectivity index (χ4v) is 3.79. The molecule has 2 amide bonds. The van der Waals surface area contributed by atoms with E-state index in [9.17, 15) is 9.59 Å². The van der Waals surface area contributed by atoms with E-state index in [1.54, 1.807) is 17.0 Å². The van der Waals surface area contributed by atoms with Gasteiger partial charge < -0.3 is 24.4 Å². The molecule has 1 heterocycles. The largest absolute Gasteiger partial charge is 0.495 e. The fourth-order valence-electron chi connectivity index (χ4n) is 3.47. The lowest BCUT2D eigenvalue weighted by atomic mass is 9.97. The summed E-state index contributed by atoms with van der Waals surface area (Å²) in [7, 11) is 2.95. The number of rotatable bonds is 4. The van der Waals surface area contributed by atoms with Crippen LogP contribution < -0.4 is 14.8 Å². The molecule has 1 N–H and O–H groups in total. The maximum atomic E-state index is 13.0. The van der Waals surface area contributed by atoms with Crippen LogP contribution in [0.3, 0.4) is 0 Å². The molecule has 0 saturated heterocycles. The number of amides is 2. The predicted octanol–water partition coefficient (Wildman–Crippen LogP) is 4.90. The topological polar surface area (TPSA) is 77.1 Å². The highest BCUT2D eigenvalue weighted by Gasteiger charge is 2.27. The molecule has 0 spiro atoms. The number of fused-ring (bicyclic) bond motifs is 1. The zero-order valence-corrected chi connectivity index (χ0v) is 19.1. The second-order valence-electron chi connectivity index (χ2n) is 8.21. The Hall–Kier alpha value is -2.93. The molecule has 2 aromatic carbocycles. The number of hydrogen-bond acceptors (Lipinski definition) is 5. The lowest BCUT2D eigenvalue weighted by molar-refractivity contribution is 0.0224. The predicted molar refractivity (Wildman–Crippen MR) is 119 cm³/mol. The van der Waals surface area contributed by atoms with Crippen LogP contribution in [-0.4, -0.2) is 43.3 Å². The van der Waals surface area contributed by atoms with E-state index < -0.39 is 5.60 Å². The minimum absolute atomic E-state index is 0.237. The van der Waals surface area contributed by atoms with E-state index >= 15 is 0 Å². The van der Waals surface area contributed by atoms with Gasteiger partial charge >= 0.3 is 6.09 Å². The number of halogens is 1. The molecule has 0 unspecified atom stereocenters. The first-order valence-corrected chi connectivity index (χ1v) is 10.3. The highest BCUT2D eigenvalue weighted by atomic mass is 35.5. The van der Waals surface area contributed by atoms with Crippen LogP contribution in [0.15, 0.2) is 30.3 Å². The molecule has 166 valence electrons. The van der Waals surface area contributed by atoms with Gasteiger partial charge in [0.25, 0.3) is 5.91 Å². The Morgan fingerprint density at radius 3 is 2.48 bits per heavy atom. The van der Waals surface area contributed by atoms with Gasteiger partial charge in [-0.25, -0.2) is 4.79 Å². The third-order valence-corrected chi connectivity index (χ3v) is 5.25. The summed E-state index contributed by atoms with van der Waals surface area (Å²) in [6.07, 6.45) is 0.260. The van der Waals surface area contributed by atoms with Gasteiger partial charge in [-0.3, -0.25) is 4.79 Å². The number of nitrogens with zero attached hydrogens (tertiary/aromatic N) is 1. The highest BCUT2D eigenvalue weighted by Crippen LogP contribution is 2.37. The van der Waals surface area contributed by atoms with Crippen molar-refractivity contribution < 1.29 is 23.8 Å². The Morgan fingerprint density at radius 2 is 1.84 bits per heavy atom. The van der Waals surface area contributed by atoms with Gasteiger partial charge in [0.05, 0.1) is 19.8 Å². The number of ether oxygens (including phenoxy) is 3. The molecule has 2 aromatic rings. The minimum Gasteiger partial charge on any atom is -0.495 e. The van der Waals surface area contributed by atoms with Crippen LogP contribution in [0, 0.1) is 0 Å². The fraction of sp³-hybridized carbons (Fsp3) is 0.391. The van der Waals surface area contributed by atoms with Crippen LogP contribution in [-0.2, 0) is 17.7 Å². The summed E-state index contributed by atoms with van der Waals surface area (Å²) in [5, 5.41) is 3.19. The van der Waals surface area contributed by atoms with Crippen LogP contribution in [0.2, 0.25) is 5.02 Å². The average Bonchev–Trinajstić information content (AvgIpc) is 2.72. The van der Waals surface area contributed by atoms with Gasteiger partial charge in [0.1, 0.15) is 16.4 Å². The second-order valence-corrected chi connectivity index (χ2v) is 8.59. The molecule has 0 saturated carbocycles. The van der Waals surface area contributed by atoms with Crippen molar-refractivity contribution in [2.45, 2.75) is 39.3 Å². The number of carbonyl (C=O) groups excluding carboxylic acids is 2. The third-order valence-electron chi connectivity index (χ3n) is 4.90. The molecule has 3 rings (SSSR count). The number of nitrogens with one attached hydrogen (secondary N) is 1. The number of hydrogen-bond donors (Lipinski definition) is 1. The molecule has 31 heavy (non-hydrogen) atoms. The second kappa shape index (κ2) is 9.06. The molecule has 8 heteroatoms. The summed E-state index contributed by atoms with van der Waals surface area (Å²) in [6, 6.07) is 8.88. The van der Waals surface area contributed by atoms with Crippen molar-refractivity contribution in [1.82, 2.24) is 4.90 Å². The van der Waals surface area contributed by atoms with Crippen molar-refractivity contribution in [2.24, 2.45) is 0 Å². The molecule has 0 aliphatic carbocycles. The molecule has 1 aliphatic rings. The van der Waals surface area contributed by atoms with Gasteiger partial charge in [-0.15, -0.1) is 0 Å². The lowest BCUT2D eigenvalue weighted by Crippen LogP contribution is -2.40. The SMILES string of the molecule is COc1ccc(C(=O)Nc2cccc3c2CCN(C(=O)OC(C)(C)C)C3)c(OC)c1Cl. The van der Waals surface area contributed by atoms with E-state index in [4.69, 9.17) is 25.8 Å². The molecule has 7 nitrogen and oxygen atoms in total. The van der Waals surface area contributed by atoms with Crippen molar-refractivity contribution in [2.75, 3.05) is 26.1 Å². The third kappa shape index (κ3) is 5.05. The quantitative estimate of drug-likeness (QED) is 0.722. The maximum absolute atomic E-state index is 13.0. The Bertz CT molecular complexity index is 1000. The van der Waals surface area contributed by atoms with Crippen LogP contribution >= 0.6 is 11.6 Å². The summed E-state index contributed by atoms with van der Waals surface area (Å²) in [5.41, 5.74) is 2.41. The normalized spacial score (nSPS) is 13.3. The van der Waals surface area contributed by atoms with Gasteiger partial charge in [-0.1, -0.05) is 23.7 Å². The van der Waals surface area contributed by atoms with Gasteiger partial charge in [-0.2, -0.15) is 0 Å². The maximum Gasteiger partial charge on any atom is 0.410 e. The summed E-state index contributed by atoms with van der Waals surface area (Å²) in [6.45, 7) is 6.46. The summed E-state index contributed by atoms with van der Waals surface area (Å²) >= 11 is 6.29. The Labute approximate surface area is 187 Å².